The number of esters is 1. The Labute approximate surface area is 81.7 Å². The van der Waals surface area contributed by atoms with Crippen LogP contribution in [0, 0.1) is 11.5 Å². The zero-order valence-electron chi connectivity index (χ0n) is 7.69. The predicted molar refractivity (Wildman–Crippen MR) is 48.6 cm³/mol. The number of rotatable bonds is 3. The molecule has 0 aliphatic heterocycles. The van der Waals surface area contributed by atoms with E-state index in [4.69, 9.17) is 10.00 Å². The lowest BCUT2D eigenvalue weighted by Gasteiger charge is -2.01. The van der Waals surface area contributed by atoms with Crippen LogP contribution in [0.3, 0.4) is 0 Å². The zero-order valence-corrected chi connectivity index (χ0v) is 7.69. The summed E-state index contributed by atoms with van der Waals surface area (Å²) in [6.07, 6.45) is 1.54. The molecule has 4 nitrogen and oxygen atoms in total. The van der Waals surface area contributed by atoms with E-state index in [1.54, 1.807) is 25.3 Å². The minimum absolute atomic E-state index is 0.343. The molecule has 0 spiro atoms. The molecule has 0 saturated heterocycles. The molecule has 0 radical (unpaired) electrons. The number of hydrogen-bond donors (Lipinski definition) is 0. The molecule has 0 amide bonds. The Balaban J connectivity index is 2.73. The summed E-state index contributed by atoms with van der Waals surface area (Å²) < 4.78 is 9.34. The molecule has 0 aliphatic carbocycles. The van der Waals surface area contributed by atoms with Crippen molar-refractivity contribution in [2.45, 2.75) is 6.92 Å². The first-order chi connectivity index (χ1) is 6.77. The van der Waals surface area contributed by atoms with Crippen molar-refractivity contribution in [2.24, 2.45) is 0 Å². The topological polar surface area (TPSA) is 59.3 Å². The number of nitrogens with zero attached hydrogens (tertiary/aromatic N) is 1. The molecule has 1 rings (SSSR count). The third-order valence-corrected chi connectivity index (χ3v) is 1.53. The molecule has 0 N–H and O–H groups in total. The maximum atomic E-state index is 11.2. The second-order valence-electron chi connectivity index (χ2n) is 2.44. The lowest BCUT2D eigenvalue weighted by atomic mass is 10.2. The summed E-state index contributed by atoms with van der Waals surface area (Å²) >= 11 is 0. The van der Waals surface area contributed by atoms with Crippen LogP contribution in [0.5, 0.6) is 5.75 Å². The molecular weight excluding hydrogens is 182 g/mol. The largest absolute Gasteiger partial charge is 0.462 e. The van der Waals surface area contributed by atoms with Crippen molar-refractivity contribution in [1.29, 1.82) is 5.26 Å². The molecule has 0 fully saturated rings. The SMILES string of the molecule is CCOC(=O)c1ccc(OC#N)cc1. The molecule has 0 unspecified atom stereocenters. The van der Waals surface area contributed by atoms with Gasteiger partial charge in [0.2, 0.25) is 0 Å². The first-order valence-electron chi connectivity index (χ1n) is 4.11. The number of carbonyl (C=O) groups is 1. The lowest BCUT2D eigenvalue weighted by molar-refractivity contribution is 0.0526. The summed E-state index contributed by atoms with van der Waals surface area (Å²) in [5.41, 5.74) is 0.442. The Kier molecular flexibility index (Phi) is 3.50. The van der Waals surface area contributed by atoms with E-state index in [1.807, 2.05) is 0 Å². The number of benzene rings is 1. The minimum atomic E-state index is -0.379. The number of nitriles is 1. The van der Waals surface area contributed by atoms with Crippen molar-refractivity contribution in [3.05, 3.63) is 29.8 Å². The van der Waals surface area contributed by atoms with Crippen molar-refractivity contribution in [1.82, 2.24) is 0 Å². The molecule has 0 bridgehead atoms. The van der Waals surface area contributed by atoms with Crippen LogP contribution in [-0.4, -0.2) is 12.6 Å². The van der Waals surface area contributed by atoms with E-state index < -0.39 is 0 Å². The van der Waals surface area contributed by atoms with Gasteiger partial charge in [0.1, 0.15) is 5.75 Å². The van der Waals surface area contributed by atoms with Gasteiger partial charge in [-0.3, -0.25) is 0 Å². The van der Waals surface area contributed by atoms with Crippen LogP contribution in [0.4, 0.5) is 0 Å². The van der Waals surface area contributed by atoms with Crippen LogP contribution in [0.25, 0.3) is 0 Å². The number of carbonyl (C=O) groups excluding carboxylic acids is 1. The van der Waals surface area contributed by atoms with Gasteiger partial charge in [-0.05, 0) is 31.2 Å². The smallest absolute Gasteiger partial charge is 0.338 e. The molecule has 0 saturated carbocycles. The van der Waals surface area contributed by atoms with Gasteiger partial charge in [-0.25, -0.2) is 4.79 Å². The summed E-state index contributed by atoms with van der Waals surface area (Å²) in [5.74, 6) is 0.0246. The molecule has 14 heavy (non-hydrogen) atoms. The van der Waals surface area contributed by atoms with Crippen LogP contribution in [0.15, 0.2) is 24.3 Å². The highest BCUT2D eigenvalue weighted by molar-refractivity contribution is 5.89. The van der Waals surface area contributed by atoms with Gasteiger partial charge < -0.3 is 9.47 Å². The second-order valence-corrected chi connectivity index (χ2v) is 2.44. The Morgan fingerprint density at radius 2 is 2.07 bits per heavy atom. The fourth-order valence-corrected chi connectivity index (χ4v) is 0.926. The monoisotopic (exact) mass is 191 g/mol. The summed E-state index contributed by atoms with van der Waals surface area (Å²) in [5, 5.41) is 8.22. The normalized spacial score (nSPS) is 8.86. The fraction of sp³-hybridized carbons (Fsp3) is 0.200. The molecular formula is C10H9NO3. The summed E-state index contributed by atoms with van der Waals surface area (Å²) in [6, 6.07) is 6.17. The quantitative estimate of drug-likeness (QED) is 0.539. The van der Waals surface area contributed by atoms with Gasteiger partial charge in [-0.2, -0.15) is 0 Å². The van der Waals surface area contributed by atoms with Crippen LogP contribution >= 0.6 is 0 Å². The highest BCUT2D eigenvalue weighted by atomic mass is 16.5. The third-order valence-electron chi connectivity index (χ3n) is 1.53. The maximum Gasteiger partial charge on any atom is 0.338 e. The van der Waals surface area contributed by atoms with Crippen molar-refractivity contribution >= 4 is 5.97 Å². The van der Waals surface area contributed by atoms with Crippen molar-refractivity contribution < 1.29 is 14.3 Å². The fourth-order valence-electron chi connectivity index (χ4n) is 0.926. The zero-order chi connectivity index (χ0) is 10.4. The van der Waals surface area contributed by atoms with E-state index in [9.17, 15) is 4.79 Å². The third kappa shape index (κ3) is 2.49. The minimum Gasteiger partial charge on any atom is -0.462 e. The highest BCUT2D eigenvalue weighted by Gasteiger charge is 2.05. The Bertz CT molecular complexity index is 351. The van der Waals surface area contributed by atoms with Gasteiger partial charge in [0.25, 0.3) is 6.26 Å². The standard InChI is InChI=1S/C10H9NO3/c1-2-13-10(12)8-3-5-9(6-4-8)14-7-11/h3-6H,2H2,1H3. The molecule has 0 atom stereocenters. The van der Waals surface area contributed by atoms with Gasteiger partial charge in [-0.15, -0.1) is 5.26 Å². The average Bonchev–Trinajstić information content (AvgIpc) is 2.20. The van der Waals surface area contributed by atoms with E-state index >= 15 is 0 Å². The molecule has 0 aromatic heterocycles. The highest BCUT2D eigenvalue weighted by Crippen LogP contribution is 2.12. The van der Waals surface area contributed by atoms with Gasteiger partial charge in [0.05, 0.1) is 12.2 Å². The van der Waals surface area contributed by atoms with Crippen molar-refractivity contribution in [3.63, 3.8) is 0 Å². The van der Waals surface area contributed by atoms with E-state index in [2.05, 4.69) is 4.74 Å². The molecule has 4 heteroatoms. The summed E-state index contributed by atoms with van der Waals surface area (Å²) in [6.45, 7) is 2.08. The molecule has 1 aromatic carbocycles. The van der Waals surface area contributed by atoms with Gasteiger partial charge in [0.15, 0.2) is 0 Å². The van der Waals surface area contributed by atoms with E-state index in [0.29, 0.717) is 17.9 Å². The molecule has 0 aliphatic rings. The summed E-state index contributed by atoms with van der Waals surface area (Å²) in [4.78, 5) is 11.2. The Morgan fingerprint density at radius 3 is 2.57 bits per heavy atom. The van der Waals surface area contributed by atoms with Crippen LogP contribution in [0.1, 0.15) is 17.3 Å². The first kappa shape index (κ1) is 10.1. The van der Waals surface area contributed by atoms with Gasteiger partial charge in [0, 0.05) is 0 Å². The Hall–Kier alpha value is -2.02. The van der Waals surface area contributed by atoms with Crippen molar-refractivity contribution in [3.8, 4) is 12.0 Å². The van der Waals surface area contributed by atoms with Crippen LogP contribution in [-0.2, 0) is 4.74 Å². The van der Waals surface area contributed by atoms with Crippen LogP contribution in [0.2, 0.25) is 0 Å². The molecule has 72 valence electrons. The van der Waals surface area contributed by atoms with Crippen molar-refractivity contribution in [2.75, 3.05) is 6.61 Å². The van der Waals surface area contributed by atoms with Crippen LogP contribution < -0.4 is 4.74 Å². The average molecular weight is 191 g/mol. The van der Waals surface area contributed by atoms with Gasteiger partial charge in [-0.1, -0.05) is 0 Å². The van der Waals surface area contributed by atoms with E-state index in [-0.39, 0.29) is 5.97 Å². The van der Waals surface area contributed by atoms with E-state index in [0.717, 1.165) is 0 Å². The number of ether oxygens (including phenoxy) is 2. The maximum absolute atomic E-state index is 11.2. The Morgan fingerprint density at radius 1 is 1.43 bits per heavy atom. The molecule has 1 aromatic rings. The summed E-state index contributed by atoms with van der Waals surface area (Å²) in [7, 11) is 0. The molecule has 0 heterocycles. The first-order valence-corrected chi connectivity index (χ1v) is 4.11. The van der Waals surface area contributed by atoms with Gasteiger partial charge >= 0.3 is 5.97 Å². The predicted octanol–water partition coefficient (Wildman–Crippen LogP) is 1.72. The second kappa shape index (κ2) is 4.87. The number of hydrogen-bond acceptors (Lipinski definition) is 4. The van der Waals surface area contributed by atoms with E-state index in [1.165, 1.54) is 12.1 Å². The lowest BCUT2D eigenvalue weighted by Crippen LogP contribution is -2.03.